The molecule has 16 heavy (non-hydrogen) atoms. The molecule has 0 heterocycles. The van der Waals surface area contributed by atoms with Crippen LogP contribution in [0, 0.1) is 5.82 Å². The molecule has 0 amide bonds. The number of hydrogen-bond donors (Lipinski definition) is 1. The Balaban J connectivity index is 2.63. The minimum absolute atomic E-state index is 0.353. The minimum atomic E-state index is -1.18. The van der Waals surface area contributed by atoms with E-state index in [-0.39, 0.29) is 5.82 Å². The van der Waals surface area contributed by atoms with E-state index in [9.17, 15) is 14.0 Å². The molecule has 0 radical (unpaired) electrons. The number of hydrogen-bond acceptors (Lipinski definition) is 2. The Morgan fingerprint density at radius 2 is 1.69 bits per heavy atom. The normalized spacial score (nSPS) is 11.1. The number of allylic oxidation sites excluding steroid dienone is 2. The molecule has 0 bridgehead atoms. The third-order valence-corrected chi connectivity index (χ3v) is 1.70. The largest absolute Gasteiger partial charge is 0.478 e. The van der Waals surface area contributed by atoms with Crippen LogP contribution in [0.4, 0.5) is 4.39 Å². The van der Waals surface area contributed by atoms with E-state index in [0.29, 0.717) is 5.56 Å². The Bertz CT molecular complexity index is 444. The average Bonchev–Trinajstić information content (AvgIpc) is 2.25. The highest BCUT2D eigenvalue weighted by molar-refractivity contribution is 6.04. The van der Waals surface area contributed by atoms with E-state index in [1.54, 1.807) is 0 Å². The van der Waals surface area contributed by atoms with Gasteiger partial charge in [-0.25, -0.2) is 9.18 Å². The number of halogens is 1. The van der Waals surface area contributed by atoms with Crippen LogP contribution < -0.4 is 0 Å². The fraction of sp³-hybridized carbons (Fsp3) is 0. The van der Waals surface area contributed by atoms with Gasteiger partial charge in [0.15, 0.2) is 5.78 Å². The van der Waals surface area contributed by atoms with Crippen LogP contribution in [-0.4, -0.2) is 16.9 Å². The molecular formula is C12H9FO3. The second-order valence-electron chi connectivity index (χ2n) is 2.96. The summed E-state index contributed by atoms with van der Waals surface area (Å²) in [6.45, 7) is 0. The number of carboxylic acid groups (broad SMARTS) is 1. The lowest BCUT2D eigenvalue weighted by molar-refractivity contribution is -0.131. The number of ketones is 1. The molecule has 0 unspecified atom stereocenters. The van der Waals surface area contributed by atoms with Crippen molar-refractivity contribution in [3.63, 3.8) is 0 Å². The van der Waals surface area contributed by atoms with Gasteiger partial charge in [-0.3, -0.25) is 4.79 Å². The van der Waals surface area contributed by atoms with E-state index in [0.717, 1.165) is 12.2 Å². The smallest absolute Gasteiger partial charge is 0.328 e. The fourth-order valence-electron chi connectivity index (χ4n) is 0.961. The lowest BCUT2D eigenvalue weighted by Gasteiger charge is -1.91. The summed E-state index contributed by atoms with van der Waals surface area (Å²) in [4.78, 5) is 21.2. The molecule has 82 valence electrons. The van der Waals surface area contributed by atoms with Crippen molar-refractivity contribution < 1.29 is 19.1 Å². The van der Waals surface area contributed by atoms with Gasteiger partial charge in [0.25, 0.3) is 0 Å². The maximum Gasteiger partial charge on any atom is 0.328 e. The van der Waals surface area contributed by atoms with Crippen molar-refractivity contribution in [3.05, 3.63) is 53.9 Å². The molecule has 0 saturated carbocycles. The Kier molecular flexibility index (Phi) is 4.15. The zero-order chi connectivity index (χ0) is 12.0. The van der Waals surface area contributed by atoms with Gasteiger partial charge in [0.2, 0.25) is 0 Å². The quantitative estimate of drug-likeness (QED) is 0.790. The van der Waals surface area contributed by atoms with E-state index in [1.807, 2.05) is 0 Å². The third kappa shape index (κ3) is 4.32. The van der Waals surface area contributed by atoms with Crippen molar-refractivity contribution in [1.82, 2.24) is 0 Å². The van der Waals surface area contributed by atoms with Crippen molar-refractivity contribution >= 4 is 17.8 Å². The zero-order valence-electron chi connectivity index (χ0n) is 8.26. The first-order chi connectivity index (χ1) is 7.58. The van der Waals surface area contributed by atoms with Gasteiger partial charge in [-0.1, -0.05) is 18.2 Å². The van der Waals surface area contributed by atoms with Gasteiger partial charge >= 0.3 is 5.97 Å². The summed E-state index contributed by atoms with van der Waals surface area (Å²) >= 11 is 0. The SMILES string of the molecule is O=C(O)/C=C/C(=O)/C=C/c1ccc(F)cc1. The first-order valence-electron chi connectivity index (χ1n) is 4.46. The molecule has 1 aromatic carbocycles. The highest BCUT2D eigenvalue weighted by atomic mass is 19.1. The van der Waals surface area contributed by atoms with E-state index in [1.165, 1.54) is 36.4 Å². The van der Waals surface area contributed by atoms with E-state index >= 15 is 0 Å². The topological polar surface area (TPSA) is 54.4 Å². The molecular weight excluding hydrogens is 211 g/mol. The summed E-state index contributed by atoms with van der Waals surface area (Å²) in [5, 5.41) is 8.27. The maximum absolute atomic E-state index is 12.5. The standard InChI is InChI=1S/C12H9FO3/c13-10-4-1-9(2-5-10)3-6-11(14)7-8-12(15)16/h1-8H,(H,15,16)/b6-3+,8-7+. The highest BCUT2D eigenvalue weighted by Crippen LogP contribution is 2.04. The average molecular weight is 220 g/mol. The lowest BCUT2D eigenvalue weighted by atomic mass is 10.2. The molecule has 0 aliphatic carbocycles. The molecule has 0 aliphatic heterocycles. The van der Waals surface area contributed by atoms with Crippen molar-refractivity contribution in [1.29, 1.82) is 0 Å². The Morgan fingerprint density at radius 1 is 1.06 bits per heavy atom. The van der Waals surface area contributed by atoms with Crippen LogP contribution in [0.15, 0.2) is 42.5 Å². The molecule has 4 heteroatoms. The van der Waals surface area contributed by atoms with E-state index in [2.05, 4.69) is 0 Å². The van der Waals surface area contributed by atoms with Crippen molar-refractivity contribution in [2.75, 3.05) is 0 Å². The van der Waals surface area contributed by atoms with Gasteiger partial charge in [-0.2, -0.15) is 0 Å². The first kappa shape index (κ1) is 11.8. The van der Waals surface area contributed by atoms with Crippen LogP contribution in [0.5, 0.6) is 0 Å². The second-order valence-corrected chi connectivity index (χ2v) is 2.96. The lowest BCUT2D eigenvalue weighted by Crippen LogP contribution is -1.91. The zero-order valence-corrected chi connectivity index (χ0v) is 8.26. The predicted octanol–water partition coefficient (Wildman–Crippen LogP) is 2.05. The molecule has 0 saturated heterocycles. The van der Waals surface area contributed by atoms with Crippen LogP contribution in [0.25, 0.3) is 6.08 Å². The molecule has 0 fully saturated rings. The van der Waals surface area contributed by atoms with E-state index in [4.69, 9.17) is 5.11 Å². The molecule has 1 aromatic rings. The van der Waals surface area contributed by atoms with Crippen LogP contribution in [0.3, 0.4) is 0 Å². The summed E-state index contributed by atoms with van der Waals surface area (Å²) in [5.74, 6) is -1.97. The summed E-state index contributed by atoms with van der Waals surface area (Å²) in [6.07, 6.45) is 4.40. The summed E-state index contributed by atoms with van der Waals surface area (Å²) in [6, 6.07) is 5.58. The summed E-state index contributed by atoms with van der Waals surface area (Å²) < 4.78 is 12.5. The van der Waals surface area contributed by atoms with Crippen LogP contribution >= 0.6 is 0 Å². The molecule has 0 spiro atoms. The number of carbonyl (C=O) groups is 2. The maximum atomic E-state index is 12.5. The molecule has 0 atom stereocenters. The van der Waals surface area contributed by atoms with Crippen molar-refractivity contribution in [2.24, 2.45) is 0 Å². The number of carboxylic acids is 1. The molecule has 3 nitrogen and oxygen atoms in total. The number of aliphatic carboxylic acids is 1. The Hall–Kier alpha value is -2.23. The first-order valence-corrected chi connectivity index (χ1v) is 4.46. The van der Waals surface area contributed by atoms with Gasteiger partial charge in [0.05, 0.1) is 0 Å². The van der Waals surface area contributed by atoms with Gasteiger partial charge in [-0.05, 0) is 29.8 Å². The molecule has 0 aliphatic rings. The number of carbonyl (C=O) groups excluding carboxylic acids is 1. The number of rotatable bonds is 4. The van der Waals surface area contributed by atoms with Crippen LogP contribution in [0.1, 0.15) is 5.56 Å². The summed E-state index contributed by atoms with van der Waals surface area (Å²) in [5.41, 5.74) is 0.665. The van der Waals surface area contributed by atoms with Crippen LogP contribution in [-0.2, 0) is 9.59 Å². The van der Waals surface area contributed by atoms with Crippen molar-refractivity contribution in [3.8, 4) is 0 Å². The van der Waals surface area contributed by atoms with E-state index < -0.39 is 11.8 Å². The molecule has 1 rings (SSSR count). The fourth-order valence-corrected chi connectivity index (χ4v) is 0.961. The third-order valence-electron chi connectivity index (χ3n) is 1.70. The predicted molar refractivity (Wildman–Crippen MR) is 57.2 cm³/mol. The summed E-state index contributed by atoms with van der Waals surface area (Å²) in [7, 11) is 0. The van der Waals surface area contributed by atoms with Gasteiger partial charge in [-0.15, -0.1) is 0 Å². The second kappa shape index (κ2) is 5.60. The van der Waals surface area contributed by atoms with Gasteiger partial charge in [0, 0.05) is 6.08 Å². The van der Waals surface area contributed by atoms with Crippen LogP contribution in [0.2, 0.25) is 0 Å². The Morgan fingerprint density at radius 3 is 2.25 bits per heavy atom. The highest BCUT2D eigenvalue weighted by Gasteiger charge is 1.93. The number of benzene rings is 1. The molecule has 1 N–H and O–H groups in total. The Labute approximate surface area is 91.5 Å². The molecule has 0 aromatic heterocycles. The minimum Gasteiger partial charge on any atom is -0.478 e. The van der Waals surface area contributed by atoms with Gasteiger partial charge < -0.3 is 5.11 Å². The monoisotopic (exact) mass is 220 g/mol. The van der Waals surface area contributed by atoms with Gasteiger partial charge in [0.1, 0.15) is 5.82 Å². The van der Waals surface area contributed by atoms with Crippen molar-refractivity contribution in [2.45, 2.75) is 0 Å².